The number of carbonyl (C=O) groups is 2. The highest BCUT2D eigenvalue weighted by molar-refractivity contribution is 6.05. The molecule has 0 bridgehead atoms. The number of rotatable bonds is 7. The summed E-state index contributed by atoms with van der Waals surface area (Å²) in [6.07, 6.45) is 12.9. The van der Waals surface area contributed by atoms with Crippen molar-refractivity contribution in [3.8, 4) is 5.75 Å². The average molecular weight is 551 g/mol. The van der Waals surface area contributed by atoms with E-state index >= 15 is 0 Å². The van der Waals surface area contributed by atoms with Gasteiger partial charge >= 0.3 is 5.97 Å². The molecule has 4 aliphatic rings. The molecule has 0 aromatic heterocycles. The van der Waals surface area contributed by atoms with Gasteiger partial charge in [-0.3, -0.25) is 4.79 Å². The Labute approximate surface area is 236 Å². The number of amides is 1. The lowest BCUT2D eigenvalue weighted by molar-refractivity contribution is -0.145. The van der Waals surface area contributed by atoms with E-state index in [2.05, 4.69) is 36.5 Å². The van der Waals surface area contributed by atoms with Crippen molar-refractivity contribution in [1.82, 2.24) is 5.32 Å². The molecule has 8 nitrogen and oxygen atoms in total. The number of allylic oxidation sites excluding steroid dienone is 4. The number of oxime groups is 1. The van der Waals surface area contributed by atoms with Crippen LogP contribution < -0.4 is 5.32 Å². The summed E-state index contributed by atoms with van der Waals surface area (Å²) in [5.74, 6) is 0.809. The molecule has 1 aromatic rings. The van der Waals surface area contributed by atoms with Crippen molar-refractivity contribution in [3.05, 3.63) is 53.6 Å². The molecule has 1 amide bonds. The molecular formula is C32H42N2O6. The number of aliphatic hydroxyl groups is 1. The van der Waals surface area contributed by atoms with Crippen LogP contribution in [0.1, 0.15) is 64.9 Å². The normalized spacial score (nSPS) is 36.1. The van der Waals surface area contributed by atoms with Crippen molar-refractivity contribution in [2.45, 2.75) is 77.4 Å². The van der Waals surface area contributed by atoms with Crippen LogP contribution in [0.25, 0.3) is 0 Å². The summed E-state index contributed by atoms with van der Waals surface area (Å²) in [7, 11) is 1.27. The van der Waals surface area contributed by atoms with Gasteiger partial charge < -0.3 is 25.1 Å². The maximum atomic E-state index is 12.6. The van der Waals surface area contributed by atoms with Gasteiger partial charge in [-0.05, 0) is 98.5 Å². The molecule has 3 fully saturated rings. The highest BCUT2D eigenvalue weighted by atomic mass is 16.6. The SMILES string of the molecule is COC(=O)C(Cc1ccc(O)cc1)NC(=O)CO/N=C1/C=C[C@@]2(C)C(=C1)CCC1C2CC[C@@]2(C)C1CC[C@]2(C)O. The Kier molecular flexibility index (Phi) is 7.59. The third-order valence-electron chi connectivity index (χ3n) is 10.7. The Morgan fingerprint density at radius 2 is 1.82 bits per heavy atom. The molecule has 0 heterocycles. The summed E-state index contributed by atoms with van der Waals surface area (Å²) in [4.78, 5) is 30.2. The second kappa shape index (κ2) is 10.7. The fourth-order valence-electron chi connectivity index (χ4n) is 8.11. The molecule has 1 aromatic carbocycles. The molecule has 0 saturated heterocycles. The molecule has 5 rings (SSSR count). The van der Waals surface area contributed by atoms with Crippen LogP contribution in [0.3, 0.4) is 0 Å². The number of aromatic hydroxyl groups is 1. The highest BCUT2D eigenvalue weighted by Crippen LogP contribution is 2.66. The third-order valence-corrected chi connectivity index (χ3v) is 10.7. The van der Waals surface area contributed by atoms with Crippen LogP contribution in [0.5, 0.6) is 5.75 Å². The maximum absolute atomic E-state index is 12.6. The largest absolute Gasteiger partial charge is 0.508 e. The molecule has 0 aliphatic heterocycles. The van der Waals surface area contributed by atoms with Crippen molar-refractivity contribution >= 4 is 17.6 Å². The van der Waals surface area contributed by atoms with E-state index in [1.54, 1.807) is 12.1 Å². The predicted molar refractivity (Wildman–Crippen MR) is 151 cm³/mol. The molecule has 3 N–H and O–H groups in total. The fraction of sp³-hybridized carbons (Fsp3) is 0.594. The van der Waals surface area contributed by atoms with Crippen LogP contribution in [0.2, 0.25) is 0 Å². The van der Waals surface area contributed by atoms with E-state index in [1.807, 2.05) is 13.0 Å². The summed E-state index contributed by atoms with van der Waals surface area (Å²) in [6, 6.07) is 5.55. The quantitative estimate of drug-likeness (QED) is 0.341. The molecule has 40 heavy (non-hydrogen) atoms. The van der Waals surface area contributed by atoms with Crippen molar-refractivity contribution in [1.29, 1.82) is 0 Å². The average Bonchev–Trinajstić information content (AvgIpc) is 3.17. The second-order valence-electron chi connectivity index (χ2n) is 12.8. The first-order valence-electron chi connectivity index (χ1n) is 14.4. The number of esters is 1. The van der Waals surface area contributed by atoms with Gasteiger partial charge in [-0.2, -0.15) is 0 Å². The topological polar surface area (TPSA) is 117 Å². The van der Waals surface area contributed by atoms with Gasteiger partial charge in [0.05, 0.1) is 12.7 Å². The van der Waals surface area contributed by atoms with E-state index in [4.69, 9.17) is 9.57 Å². The van der Waals surface area contributed by atoms with Crippen LogP contribution in [0, 0.1) is 28.6 Å². The van der Waals surface area contributed by atoms with Crippen LogP contribution in [-0.4, -0.2) is 53.2 Å². The summed E-state index contributed by atoms with van der Waals surface area (Å²) < 4.78 is 4.84. The first-order chi connectivity index (χ1) is 19.0. The van der Waals surface area contributed by atoms with Gasteiger partial charge in [-0.15, -0.1) is 0 Å². The zero-order valence-electron chi connectivity index (χ0n) is 24.0. The van der Waals surface area contributed by atoms with Gasteiger partial charge in [0.1, 0.15) is 17.5 Å². The lowest BCUT2D eigenvalue weighted by Crippen LogP contribution is -2.53. The van der Waals surface area contributed by atoms with Gasteiger partial charge in [0.2, 0.25) is 0 Å². The summed E-state index contributed by atoms with van der Waals surface area (Å²) in [6.45, 7) is 6.36. The van der Waals surface area contributed by atoms with E-state index < -0.39 is 23.5 Å². The minimum absolute atomic E-state index is 0.00207. The van der Waals surface area contributed by atoms with E-state index in [0.29, 0.717) is 23.5 Å². The number of hydrogen-bond donors (Lipinski definition) is 3. The van der Waals surface area contributed by atoms with E-state index in [1.165, 1.54) is 24.8 Å². The van der Waals surface area contributed by atoms with Gasteiger partial charge in [-0.25, -0.2) is 4.79 Å². The molecule has 216 valence electrons. The number of nitrogens with one attached hydrogen (secondary N) is 1. The molecule has 0 radical (unpaired) electrons. The van der Waals surface area contributed by atoms with E-state index in [-0.39, 0.29) is 29.6 Å². The Hall–Kier alpha value is -3.13. The predicted octanol–water partition coefficient (Wildman–Crippen LogP) is 4.45. The lowest BCUT2D eigenvalue weighted by Gasteiger charge is -2.58. The Balaban J connectivity index is 1.19. The van der Waals surface area contributed by atoms with Crippen molar-refractivity contribution in [2.75, 3.05) is 13.7 Å². The smallest absolute Gasteiger partial charge is 0.328 e. The minimum Gasteiger partial charge on any atom is -0.508 e. The van der Waals surface area contributed by atoms with Crippen LogP contribution in [0.4, 0.5) is 0 Å². The third kappa shape index (κ3) is 5.06. The maximum Gasteiger partial charge on any atom is 0.328 e. The standard InChI is InChI=1S/C32H42N2O6/c1-30-14-11-22(18-21(30)7-10-24-25(30)12-15-31(2)26(24)13-16-32(31,3)38)34-40-19-28(36)33-27(29(37)39-4)17-20-5-8-23(35)9-6-20/h5-6,8-9,11,14,18,24-27,35,38H,7,10,12-13,15-17,19H2,1-4H3,(H,33,36)/b34-22-/t24?,25?,26?,27?,30-,31-,32-/m0/s1. The van der Waals surface area contributed by atoms with Gasteiger partial charge in [-0.1, -0.05) is 42.8 Å². The first-order valence-corrected chi connectivity index (χ1v) is 14.4. The summed E-state index contributed by atoms with van der Waals surface area (Å²) >= 11 is 0. The summed E-state index contributed by atoms with van der Waals surface area (Å²) in [5, 5.41) is 27.5. The second-order valence-corrected chi connectivity index (χ2v) is 12.8. The Bertz CT molecular complexity index is 1230. The number of phenolic OH excluding ortho intramolecular Hbond substituents is 1. The van der Waals surface area contributed by atoms with Crippen LogP contribution >= 0.6 is 0 Å². The van der Waals surface area contributed by atoms with Crippen molar-refractivity contribution < 1.29 is 29.4 Å². The number of benzene rings is 1. The number of carbonyl (C=O) groups excluding carboxylic acids is 2. The lowest BCUT2D eigenvalue weighted by atomic mass is 9.47. The number of nitrogens with zero attached hydrogens (tertiary/aromatic N) is 1. The van der Waals surface area contributed by atoms with Gasteiger partial charge in [0, 0.05) is 11.8 Å². The number of hydrogen-bond acceptors (Lipinski definition) is 7. The molecule has 0 spiro atoms. The van der Waals surface area contributed by atoms with E-state index in [0.717, 1.165) is 44.1 Å². The van der Waals surface area contributed by atoms with Crippen molar-refractivity contribution in [2.24, 2.45) is 33.7 Å². The van der Waals surface area contributed by atoms with Crippen molar-refractivity contribution in [3.63, 3.8) is 0 Å². The number of methoxy groups -OCH3 is 1. The first kappa shape index (κ1) is 28.4. The molecule has 7 atom stereocenters. The zero-order chi connectivity index (χ0) is 28.7. The fourth-order valence-corrected chi connectivity index (χ4v) is 8.11. The summed E-state index contributed by atoms with van der Waals surface area (Å²) in [5.41, 5.74) is 2.20. The molecule has 4 unspecified atom stereocenters. The Morgan fingerprint density at radius 1 is 1.10 bits per heavy atom. The van der Waals surface area contributed by atoms with Gasteiger partial charge in [0.25, 0.3) is 5.91 Å². The number of fused-ring (bicyclic) bond motifs is 5. The molecule has 4 aliphatic carbocycles. The highest BCUT2D eigenvalue weighted by Gasteiger charge is 2.62. The Morgan fingerprint density at radius 3 is 2.55 bits per heavy atom. The zero-order valence-corrected chi connectivity index (χ0v) is 24.0. The molecular weight excluding hydrogens is 508 g/mol. The van der Waals surface area contributed by atoms with E-state index in [9.17, 15) is 19.8 Å². The minimum atomic E-state index is -0.883. The molecule has 3 saturated carbocycles. The van der Waals surface area contributed by atoms with Crippen LogP contribution in [0.15, 0.2) is 53.2 Å². The number of ether oxygens (including phenoxy) is 1. The van der Waals surface area contributed by atoms with Crippen LogP contribution in [-0.2, 0) is 25.6 Å². The van der Waals surface area contributed by atoms with Gasteiger partial charge in [0.15, 0.2) is 6.61 Å². The molecule has 8 heteroatoms. The number of phenols is 1. The monoisotopic (exact) mass is 550 g/mol.